The fraction of sp³-hybridized carbons (Fsp3) is 0.312. The Morgan fingerprint density at radius 1 is 1.19 bits per heavy atom. The van der Waals surface area contributed by atoms with E-state index in [1.54, 1.807) is 0 Å². The van der Waals surface area contributed by atoms with Crippen molar-refractivity contribution in [1.29, 1.82) is 0 Å². The second kappa shape index (κ2) is 6.35. The normalized spacial score (nSPS) is 14.4. The van der Waals surface area contributed by atoms with Crippen LogP contribution in [-0.4, -0.2) is 41.3 Å². The molecule has 0 saturated carbocycles. The van der Waals surface area contributed by atoms with E-state index in [-0.39, 0.29) is 24.7 Å². The molecule has 1 aromatic carbocycles. The van der Waals surface area contributed by atoms with Gasteiger partial charge < -0.3 is 10.0 Å². The molecule has 0 fully saturated rings. The van der Waals surface area contributed by atoms with Crippen molar-refractivity contribution in [3.8, 4) is 0 Å². The first kappa shape index (κ1) is 15.0. The number of Topliss-reactive ketones (excluding diaryl/α,β-unsaturated/α-hetero) is 1. The first-order valence-corrected chi connectivity index (χ1v) is 6.75. The number of amides is 1. The van der Waals surface area contributed by atoms with Crippen LogP contribution in [0.15, 0.2) is 35.9 Å². The molecule has 5 heteroatoms. The van der Waals surface area contributed by atoms with Gasteiger partial charge in [-0.15, -0.1) is 0 Å². The highest BCUT2D eigenvalue weighted by Crippen LogP contribution is 2.33. The standard InChI is InChI=1S/C16H17NO4/c1-17(10-16(20)21)15(19)9-13-12(7-8-14(13)18)11-5-3-2-4-6-11/h2-6H,7-10H2,1H3,(H,20,21). The zero-order valence-electron chi connectivity index (χ0n) is 11.8. The van der Waals surface area contributed by atoms with Crippen LogP contribution in [0.1, 0.15) is 24.8 Å². The largest absolute Gasteiger partial charge is 0.480 e. The molecule has 110 valence electrons. The van der Waals surface area contributed by atoms with E-state index in [0.717, 1.165) is 16.0 Å². The minimum atomic E-state index is -1.07. The van der Waals surface area contributed by atoms with Crippen molar-refractivity contribution in [2.45, 2.75) is 19.3 Å². The second-order valence-corrected chi connectivity index (χ2v) is 5.07. The average molecular weight is 287 g/mol. The van der Waals surface area contributed by atoms with Crippen LogP contribution < -0.4 is 0 Å². The Morgan fingerprint density at radius 2 is 1.86 bits per heavy atom. The predicted octanol–water partition coefficient (Wildman–Crippen LogP) is 1.74. The molecule has 1 amide bonds. The Bertz CT molecular complexity index is 604. The first-order valence-electron chi connectivity index (χ1n) is 6.75. The van der Waals surface area contributed by atoms with E-state index in [2.05, 4.69) is 0 Å². The summed E-state index contributed by atoms with van der Waals surface area (Å²) in [5.41, 5.74) is 2.37. The Kier molecular flexibility index (Phi) is 4.52. The molecule has 0 saturated heterocycles. The van der Waals surface area contributed by atoms with Gasteiger partial charge in [0, 0.05) is 19.0 Å². The zero-order chi connectivity index (χ0) is 15.4. The molecule has 0 heterocycles. The van der Waals surface area contributed by atoms with Gasteiger partial charge in [0.25, 0.3) is 0 Å². The van der Waals surface area contributed by atoms with Crippen LogP contribution in [0.4, 0.5) is 0 Å². The number of carbonyl (C=O) groups excluding carboxylic acids is 2. The number of carboxylic acid groups (broad SMARTS) is 1. The molecule has 0 radical (unpaired) electrons. The van der Waals surface area contributed by atoms with Crippen molar-refractivity contribution >= 4 is 23.2 Å². The van der Waals surface area contributed by atoms with E-state index in [1.807, 2.05) is 30.3 Å². The summed E-state index contributed by atoms with van der Waals surface area (Å²) in [5, 5.41) is 8.70. The summed E-state index contributed by atoms with van der Waals surface area (Å²) in [6.45, 7) is -0.360. The summed E-state index contributed by atoms with van der Waals surface area (Å²) in [6.07, 6.45) is 1.01. The minimum Gasteiger partial charge on any atom is -0.480 e. The monoisotopic (exact) mass is 287 g/mol. The number of nitrogens with zero attached hydrogens (tertiary/aromatic N) is 1. The van der Waals surface area contributed by atoms with Gasteiger partial charge in [0.2, 0.25) is 5.91 Å². The molecule has 0 aromatic heterocycles. The Hall–Kier alpha value is -2.43. The third-order valence-electron chi connectivity index (χ3n) is 3.55. The quantitative estimate of drug-likeness (QED) is 0.895. The number of likely N-dealkylation sites (N-methyl/N-ethyl adjacent to an activating group) is 1. The predicted molar refractivity (Wildman–Crippen MR) is 77.5 cm³/mol. The average Bonchev–Trinajstić information content (AvgIpc) is 2.80. The molecule has 21 heavy (non-hydrogen) atoms. The molecular weight excluding hydrogens is 270 g/mol. The number of hydrogen-bond acceptors (Lipinski definition) is 3. The van der Waals surface area contributed by atoms with Gasteiger partial charge in [-0.3, -0.25) is 14.4 Å². The third-order valence-corrected chi connectivity index (χ3v) is 3.55. The molecule has 1 aliphatic rings. The van der Waals surface area contributed by atoms with Gasteiger partial charge in [0.05, 0.1) is 6.42 Å². The maximum Gasteiger partial charge on any atom is 0.323 e. The number of allylic oxidation sites excluding steroid dienone is 1. The summed E-state index contributed by atoms with van der Waals surface area (Å²) < 4.78 is 0. The lowest BCUT2D eigenvalue weighted by atomic mass is 10.00. The summed E-state index contributed by atoms with van der Waals surface area (Å²) in [6, 6.07) is 9.51. The smallest absolute Gasteiger partial charge is 0.323 e. The minimum absolute atomic E-state index is 0.0223. The van der Waals surface area contributed by atoms with Gasteiger partial charge in [-0.05, 0) is 17.6 Å². The number of aliphatic carboxylic acids is 1. The molecule has 0 atom stereocenters. The summed E-state index contributed by atoms with van der Waals surface area (Å²) in [5.74, 6) is -1.44. The van der Waals surface area contributed by atoms with Crippen LogP contribution in [0.2, 0.25) is 0 Å². The van der Waals surface area contributed by atoms with Crippen molar-refractivity contribution < 1.29 is 19.5 Å². The highest BCUT2D eigenvalue weighted by Gasteiger charge is 2.27. The zero-order valence-corrected chi connectivity index (χ0v) is 11.8. The van der Waals surface area contributed by atoms with Crippen LogP contribution >= 0.6 is 0 Å². The van der Waals surface area contributed by atoms with Crippen LogP contribution in [0.25, 0.3) is 5.57 Å². The fourth-order valence-electron chi connectivity index (χ4n) is 2.45. The van der Waals surface area contributed by atoms with E-state index in [9.17, 15) is 14.4 Å². The highest BCUT2D eigenvalue weighted by molar-refractivity contribution is 6.10. The lowest BCUT2D eigenvalue weighted by Crippen LogP contribution is -2.32. The highest BCUT2D eigenvalue weighted by atomic mass is 16.4. The topological polar surface area (TPSA) is 74.7 Å². The number of rotatable bonds is 5. The van der Waals surface area contributed by atoms with Crippen molar-refractivity contribution in [3.05, 3.63) is 41.5 Å². The second-order valence-electron chi connectivity index (χ2n) is 5.07. The van der Waals surface area contributed by atoms with Crippen molar-refractivity contribution in [3.63, 3.8) is 0 Å². The Morgan fingerprint density at radius 3 is 2.48 bits per heavy atom. The molecule has 1 aliphatic carbocycles. The van der Waals surface area contributed by atoms with Crippen LogP contribution in [0.5, 0.6) is 0 Å². The van der Waals surface area contributed by atoms with Crippen LogP contribution in [-0.2, 0) is 14.4 Å². The van der Waals surface area contributed by atoms with Crippen molar-refractivity contribution in [2.75, 3.05) is 13.6 Å². The number of carboxylic acids is 1. The molecule has 1 aromatic rings. The van der Waals surface area contributed by atoms with E-state index in [1.165, 1.54) is 7.05 Å². The first-order chi connectivity index (χ1) is 9.99. The molecule has 0 unspecified atom stereocenters. The lowest BCUT2D eigenvalue weighted by Gasteiger charge is -2.15. The number of carbonyl (C=O) groups is 3. The Labute approximate surface area is 122 Å². The van der Waals surface area contributed by atoms with Gasteiger partial charge >= 0.3 is 5.97 Å². The maximum absolute atomic E-state index is 12.0. The molecule has 5 nitrogen and oxygen atoms in total. The van der Waals surface area contributed by atoms with Gasteiger partial charge in [0.1, 0.15) is 6.54 Å². The van der Waals surface area contributed by atoms with Crippen LogP contribution in [0, 0.1) is 0 Å². The molecular formula is C16H17NO4. The molecule has 0 bridgehead atoms. The van der Waals surface area contributed by atoms with Crippen LogP contribution in [0.3, 0.4) is 0 Å². The SMILES string of the molecule is CN(CC(=O)O)C(=O)CC1=C(c2ccccc2)CCC1=O. The van der Waals surface area contributed by atoms with E-state index in [0.29, 0.717) is 18.4 Å². The molecule has 0 spiro atoms. The molecule has 1 N–H and O–H groups in total. The van der Waals surface area contributed by atoms with Crippen molar-refractivity contribution in [2.24, 2.45) is 0 Å². The summed E-state index contributed by atoms with van der Waals surface area (Å²) in [4.78, 5) is 35.8. The maximum atomic E-state index is 12.0. The molecule has 0 aliphatic heterocycles. The van der Waals surface area contributed by atoms with Gasteiger partial charge in [-0.25, -0.2) is 0 Å². The van der Waals surface area contributed by atoms with Gasteiger partial charge in [-0.1, -0.05) is 30.3 Å². The third kappa shape index (κ3) is 3.56. The number of ketones is 1. The van der Waals surface area contributed by atoms with E-state index < -0.39 is 5.97 Å². The summed E-state index contributed by atoms with van der Waals surface area (Å²) in [7, 11) is 1.43. The summed E-state index contributed by atoms with van der Waals surface area (Å²) >= 11 is 0. The van der Waals surface area contributed by atoms with E-state index in [4.69, 9.17) is 5.11 Å². The number of benzene rings is 1. The van der Waals surface area contributed by atoms with Crippen molar-refractivity contribution in [1.82, 2.24) is 4.90 Å². The van der Waals surface area contributed by atoms with Gasteiger partial charge in [0.15, 0.2) is 5.78 Å². The lowest BCUT2D eigenvalue weighted by molar-refractivity contribution is -0.143. The molecule has 2 rings (SSSR count). The Balaban J connectivity index is 2.21. The fourth-order valence-corrected chi connectivity index (χ4v) is 2.45. The van der Waals surface area contributed by atoms with E-state index >= 15 is 0 Å². The number of hydrogen-bond donors (Lipinski definition) is 1. The van der Waals surface area contributed by atoms with Gasteiger partial charge in [-0.2, -0.15) is 0 Å².